The monoisotopic (exact) mass is 244 g/mol. The summed E-state index contributed by atoms with van der Waals surface area (Å²) in [6.07, 6.45) is 1.34. The van der Waals surface area contributed by atoms with Gasteiger partial charge in [-0.2, -0.15) is 0 Å². The summed E-state index contributed by atoms with van der Waals surface area (Å²) in [4.78, 5) is 0. The Hall–Kier alpha value is -1.31. The fourth-order valence-corrected chi connectivity index (χ4v) is 2.77. The lowest BCUT2D eigenvalue weighted by atomic mass is 9.91. The van der Waals surface area contributed by atoms with E-state index in [4.69, 9.17) is 11.6 Å². The molecule has 0 aromatic heterocycles. The number of hydrogen-bond donors (Lipinski definition) is 1. The SMILES string of the molecule is OC1(c2cccc(Cl)c2)Cc2ccccc2C1. The summed E-state index contributed by atoms with van der Waals surface area (Å²) in [7, 11) is 0. The van der Waals surface area contributed by atoms with Crippen LogP contribution in [0.2, 0.25) is 5.02 Å². The molecule has 0 heterocycles. The maximum Gasteiger partial charge on any atom is 0.0977 e. The first-order valence-corrected chi connectivity index (χ1v) is 6.10. The van der Waals surface area contributed by atoms with Crippen LogP contribution in [0.4, 0.5) is 0 Å². The molecule has 0 radical (unpaired) electrons. The topological polar surface area (TPSA) is 20.2 Å². The van der Waals surface area contributed by atoms with Crippen LogP contribution in [0, 0.1) is 0 Å². The van der Waals surface area contributed by atoms with Crippen molar-refractivity contribution < 1.29 is 5.11 Å². The van der Waals surface area contributed by atoms with Gasteiger partial charge in [-0.3, -0.25) is 0 Å². The molecule has 1 aliphatic carbocycles. The second-order valence-corrected chi connectivity index (χ2v) is 5.10. The Balaban J connectivity index is 2.01. The van der Waals surface area contributed by atoms with Crippen LogP contribution in [0.15, 0.2) is 48.5 Å². The number of benzene rings is 2. The highest BCUT2D eigenvalue weighted by Gasteiger charge is 2.36. The minimum Gasteiger partial charge on any atom is -0.384 e. The highest BCUT2D eigenvalue weighted by molar-refractivity contribution is 6.30. The van der Waals surface area contributed by atoms with Crippen molar-refractivity contribution in [3.05, 3.63) is 70.2 Å². The molecule has 0 unspecified atom stereocenters. The average Bonchev–Trinajstić information content (AvgIpc) is 2.66. The van der Waals surface area contributed by atoms with Gasteiger partial charge in [-0.1, -0.05) is 48.0 Å². The van der Waals surface area contributed by atoms with E-state index in [1.54, 1.807) is 0 Å². The summed E-state index contributed by atoms with van der Waals surface area (Å²) < 4.78 is 0. The Morgan fingerprint density at radius 2 is 1.59 bits per heavy atom. The molecule has 1 nitrogen and oxygen atoms in total. The zero-order valence-electron chi connectivity index (χ0n) is 9.36. The van der Waals surface area contributed by atoms with Gasteiger partial charge >= 0.3 is 0 Å². The Bertz CT molecular complexity index is 537. The highest BCUT2D eigenvalue weighted by atomic mass is 35.5. The minimum atomic E-state index is -0.797. The van der Waals surface area contributed by atoms with E-state index in [1.165, 1.54) is 11.1 Å². The molecule has 0 fully saturated rings. The van der Waals surface area contributed by atoms with Crippen molar-refractivity contribution in [3.63, 3.8) is 0 Å². The lowest BCUT2D eigenvalue weighted by Gasteiger charge is -2.22. The summed E-state index contributed by atoms with van der Waals surface area (Å²) in [6, 6.07) is 15.7. The largest absolute Gasteiger partial charge is 0.384 e. The van der Waals surface area contributed by atoms with Crippen LogP contribution in [-0.2, 0) is 18.4 Å². The fraction of sp³-hybridized carbons (Fsp3) is 0.200. The van der Waals surface area contributed by atoms with Gasteiger partial charge in [0.25, 0.3) is 0 Å². The first-order valence-electron chi connectivity index (χ1n) is 5.73. The van der Waals surface area contributed by atoms with Crippen LogP contribution in [0.5, 0.6) is 0 Å². The van der Waals surface area contributed by atoms with Crippen LogP contribution in [-0.4, -0.2) is 5.11 Å². The molecule has 2 aromatic carbocycles. The predicted octanol–water partition coefficient (Wildman–Crippen LogP) is 3.33. The van der Waals surface area contributed by atoms with Crippen molar-refractivity contribution in [3.8, 4) is 0 Å². The predicted molar refractivity (Wildman–Crippen MR) is 69.2 cm³/mol. The van der Waals surface area contributed by atoms with Gasteiger partial charge in [0.1, 0.15) is 0 Å². The van der Waals surface area contributed by atoms with Crippen LogP contribution in [0.3, 0.4) is 0 Å². The minimum absolute atomic E-state index is 0.670. The third-order valence-electron chi connectivity index (χ3n) is 3.45. The highest BCUT2D eigenvalue weighted by Crippen LogP contribution is 2.38. The summed E-state index contributed by atoms with van der Waals surface area (Å²) in [5.74, 6) is 0. The molecule has 0 saturated heterocycles. The molecule has 0 amide bonds. The average molecular weight is 245 g/mol. The molecule has 3 rings (SSSR count). The van der Waals surface area contributed by atoms with Crippen molar-refractivity contribution in [2.45, 2.75) is 18.4 Å². The number of halogens is 1. The van der Waals surface area contributed by atoms with E-state index in [9.17, 15) is 5.11 Å². The van der Waals surface area contributed by atoms with E-state index in [1.807, 2.05) is 36.4 Å². The molecule has 1 N–H and O–H groups in total. The lowest BCUT2D eigenvalue weighted by Crippen LogP contribution is -2.25. The maximum absolute atomic E-state index is 10.7. The number of rotatable bonds is 1. The van der Waals surface area contributed by atoms with Crippen LogP contribution in [0.1, 0.15) is 16.7 Å². The smallest absolute Gasteiger partial charge is 0.0977 e. The molecule has 0 aliphatic heterocycles. The van der Waals surface area contributed by atoms with Crippen LogP contribution in [0.25, 0.3) is 0 Å². The second-order valence-electron chi connectivity index (χ2n) is 4.66. The number of hydrogen-bond acceptors (Lipinski definition) is 1. The Morgan fingerprint density at radius 3 is 2.18 bits per heavy atom. The van der Waals surface area contributed by atoms with Gasteiger partial charge in [0.15, 0.2) is 0 Å². The van der Waals surface area contributed by atoms with E-state index >= 15 is 0 Å². The van der Waals surface area contributed by atoms with Gasteiger partial charge in [-0.15, -0.1) is 0 Å². The summed E-state index contributed by atoms with van der Waals surface area (Å²) in [6.45, 7) is 0. The number of fused-ring (bicyclic) bond motifs is 1. The molecule has 17 heavy (non-hydrogen) atoms. The maximum atomic E-state index is 10.7. The van der Waals surface area contributed by atoms with Crippen molar-refractivity contribution in [1.29, 1.82) is 0 Å². The molecule has 1 aliphatic rings. The number of aliphatic hydroxyl groups is 1. The van der Waals surface area contributed by atoms with E-state index < -0.39 is 5.60 Å². The molecule has 0 saturated carbocycles. The quantitative estimate of drug-likeness (QED) is 0.816. The summed E-state index contributed by atoms with van der Waals surface area (Å²) >= 11 is 5.99. The first kappa shape index (κ1) is 10.8. The molecule has 0 atom stereocenters. The molecule has 0 spiro atoms. The van der Waals surface area contributed by atoms with Crippen molar-refractivity contribution in [1.82, 2.24) is 0 Å². The van der Waals surface area contributed by atoms with E-state index in [2.05, 4.69) is 12.1 Å². The second kappa shape index (κ2) is 3.86. The van der Waals surface area contributed by atoms with Crippen LogP contribution >= 0.6 is 11.6 Å². The fourth-order valence-electron chi connectivity index (χ4n) is 2.58. The van der Waals surface area contributed by atoms with Gasteiger partial charge < -0.3 is 5.11 Å². The molecular formula is C15H13ClO. The molecule has 2 heteroatoms. The summed E-state index contributed by atoms with van der Waals surface area (Å²) in [5.41, 5.74) is 2.57. The van der Waals surface area contributed by atoms with E-state index in [-0.39, 0.29) is 0 Å². The van der Waals surface area contributed by atoms with Gasteiger partial charge in [-0.05, 0) is 28.8 Å². The van der Waals surface area contributed by atoms with Crippen molar-refractivity contribution in [2.24, 2.45) is 0 Å². The Morgan fingerprint density at radius 1 is 0.941 bits per heavy atom. The van der Waals surface area contributed by atoms with E-state index in [0.717, 1.165) is 5.56 Å². The van der Waals surface area contributed by atoms with E-state index in [0.29, 0.717) is 17.9 Å². The third kappa shape index (κ3) is 1.86. The van der Waals surface area contributed by atoms with Gasteiger partial charge in [0.2, 0.25) is 0 Å². The third-order valence-corrected chi connectivity index (χ3v) is 3.68. The summed E-state index contributed by atoms with van der Waals surface area (Å²) in [5, 5.41) is 11.4. The Labute approximate surface area is 106 Å². The molecule has 2 aromatic rings. The normalized spacial score (nSPS) is 16.8. The molecule has 86 valence electrons. The standard InChI is InChI=1S/C15H13ClO/c16-14-7-3-6-13(8-14)15(17)9-11-4-1-2-5-12(11)10-15/h1-8,17H,9-10H2. The van der Waals surface area contributed by atoms with Gasteiger partial charge in [-0.25, -0.2) is 0 Å². The molecular weight excluding hydrogens is 232 g/mol. The first-order chi connectivity index (χ1) is 8.17. The zero-order valence-corrected chi connectivity index (χ0v) is 10.1. The van der Waals surface area contributed by atoms with Gasteiger partial charge in [0.05, 0.1) is 5.60 Å². The Kier molecular flexibility index (Phi) is 2.46. The van der Waals surface area contributed by atoms with Crippen LogP contribution < -0.4 is 0 Å². The zero-order chi connectivity index (χ0) is 11.9. The van der Waals surface area contributed by atoms with Crippen molar-refractivity contribution >= 4 is 11.6 Å². The molecule has 0 bridgehead atoms. The lowest BCUT2D eigenvalue weighted by molar-refractivity contribution is 0.0482. The van der Waals surface area contributed by atoms with Gasteiger partial charge in [0, 0.05) is 17.9 Å². The van der Waals surface area contributed by atoms with Crippen molar-refractivity contribution in [2.75, 3.05) is 0 Å².